The Morgan fingerprint density at radius 1 is 1.27 bits per heavy atom. The molecule has 1 aliphatic heterocycles. The molecule has 4 rings (SSSR count). The number of hydrogen-bond acceptors (Lipinski definition) is 3. The number of nitrogens with one attached hydrogen (secondary N) is 1. The predicted octanol–water partition coefficient (Wildman–Crippen LogP) is 4.46. The Bertz CT molecular complexity index is 849. The number of aromatic nitrogens is 1. The minimum atomic E-state index is -0.313. The molecule has 0 radical (unpaired) electrons. The number of carbonyl (C=O) groups excluding carboxylic acids is 1. The SMILES string of the molecule is CC(=O)N1c2cc(F)ccc2C(Nc2cccc(C)n2)[C@@H](C)[C@@H]1C1CC1. The van der Waals surface area contributed by atoms with Gasteiger partial charge in [-0.3, -0.25) is 4.79 Å². The molecule has 3 atom stereocenters. The Morgan fingerprint density at radius 3 is 2.69 bits per heavy atom. The van der Waals surface area contributed by atoms with Crippen molar-refractivity contribution >= 4 is 17.4 Å². The van der Waals surface area contributed by atoms with Crippen LogP contribution in [0.5, 0.6) is 0 Å². The van der Waals surface area contributed by atoms with Gasteiger partial charge in [0, 0.05) is 24.6 Å². The van der Waals surface area contributed by atoms with Crippen molar-refractivity contribution < 1.29 is 9.18 Å². The number of halogens is 1. The zero-order valence-corrected chi connectivity index (χ0v) is 15.4. The summed E-state index contributed by atoms with van der Waals surface area (Å²) in [5, 5.41) is 3.55. The number of aryl methyl sites for hydroxylation is 1. The number of pyridine rings is 1. The highest BCUT2D eigenvalue weighted by Gasteiger charge is 2.47. The summed E-state index contributed by atoms with van der Waals surface area (Å²) in [6, 6.07) is 10.7. The molecule has 1 aliphatic carbocycles. The number of carbonyl (C=O) groups is 1. The van der Waals surface area contributed by atoms with E-state index in [9.17, 15) is 9.18 Å². The maximum Gasteiger partial charge on any atom is 0.224 e. The Morgan fingerprint density at radius 2 is 2.04 bits per heavy atom. The second-order valence-electron chi connectivity index (χ2n) is 7.57. The molecule has 1 aromatic carbocycles. The standard InChI is InChI=1S/C21H24FN3O/c1-12-5-4-6-19(23-12)24-20-13(2)21(15-7-8-15)25(14(3)26)18-11-16(22)9-10-17(18)20/h4-6,9-11,13,15,20-21H,7-8H2,1-3H3,(H,23,24)/t13-,20?,21-/m1/s1. The summed E-state index contributed by atoms with van der Waals surface area (Å²) < 4.78 is 14.0. The number of hydrogen-bond donors (Lipinski definition) is 1. The van der Waals surface area contributed by atoms with Crippen molar-refractivity contribution in [1.29, 1.82) is 0 Å². The summed E-state index contributed by atoms with van der Waals surface area (Å²) in [7, 11) is 0. The lowest BCUT2D eigenvalue weighted by molar-refractivity contribution is -0.117. The zero-order chi connectivity index (χ0) is 18.4. The minimum absolute atomic E-state index is 0.0129. The van der Waals surface area contributed by atoms with Crippen LogP contribution in [0, 0.1) is 24.6 Å². The van der Waals surface area contributed by atoms with Crippen LogP contribution in [-0.4, -0.2) is 16.9 Å². The lowest BCUT2D eigenvalue weighted by atomic mass is 9.80. The van der Waals surface area contributed by atoms with E-state index in [0.29, 0.717) is 11.6 Å². The predicted molar refractivity (Wildman–Crippen MR) is 101 cm³/mol. The molecule has 1 saturated carbocycles. The minimum Gasteiger partial charge on any atom is -0.363 e. The summed E-state index contributed by atoms with van der Waals surface area (Å²) >= 11 is 0. The summed E-state index contributed by atoms with van der Waals surface area (Å²) in [6.45, 7) is 5.72. The molecule has 4 nitrogen and oxygen atoms in total. The number of fused-ring (bicyclic) bond motifs is 1. The molecular weight excluding hydrogens is 329 g/mol. The molecule has 0 spiro atoms. The van der Waals surface area contributed by atoms with Gasteiger partial charge in [0.1, 0.15) is 11.6 Å². The van der Waals surface area contributed by atoms with Crippen LogP contribution in [0.3, 0.4) is 0 Å². The molecule has 1 amide bonds. The van der Waals surface area contributed by atoms with Gasteiger partial charge in [-0.2, -0.15) is 0 Å². The van der Waals surface area contributed by atoms with Crippen LogP contribution in [-0.2, 0) is 4.79 Å². The van der Waals surface area contributed by atoms with E-state index < -0.39 is 0 Å². The van der Waals surface area contributed by atoms with Gasteiger partial charge in [-0.1, -0.05) is 19.1 Å². The lowest BCUT2D eigenvalue weighted by Gasteiger charge is -2.45. The van der Waals surface area contributed by atoms with Crippen molar-refractivity contribution in [2.24, 2.45) is 11.8 Å². The van der Waals surface area contributed by atoms with Crippen molar-refractivity contribution in [1.82, 2.24) is 4.98 Å². The highest BCUT2D eigenvalue weighted by atomic mass is 19.1. The highest BCUT2D eigenvalue weighted by Crippen LogP contribution is 2.50. The average molecular weight is 353 g/mol. The summed E-state index contributed by atoms with van der Waals surface area (Å²) in [5.41, 5.74) is 2.59. The number of amides is 1. The van der Waals surface area contributed by atoms with Crippen molar-refractivity contribution in [2.75, 3.05) is 10.2 Å². The molecule has 2 heterocycles. The first kappa shape index (κ1) is 17.0. The van der Waals surface area contributed by atoms with Crippen LogP contribution in [0.4, 0.5) is 15.9 Å². The Labute approximate surface area is 153 Å². The fraction of sp³-hybridized carbons (Fsp3) is 0.429. The van der Waals surface area contributed by atoms with Gasteiger partial charge in [0.2, 0.25) is 5.91 Å². The molecule has 1 aromatic heterocycles. The Kier molecular flexibility index (Phi) is 4.17. The van der Waals surface area contributed by atoms with Gasteiger partial charge in [-0.15, -0.1) is 0 Å². The normalized spacial score (nSPS) is 24.9. The molecule has 2 aromatic rings. The first-order valence-electron chi connectivity index (χ1n) is 9.25. The zero-order valence-electron chi connectivity index (χ0n) is 15.4. The maximum atomic E-state index is 14.0. The number of rotatable bonds is 3. The molecule has 1 unspecified atom stereocenters. The molecule has 136 valence electrons. The lowest BCUT2D eigenvalue weighted by Crippen LogP contribution is -2.51. The fourth-order valence-electron chi connectivity index (χ4n) is 4.31. The van der Waals surface area contributed by atoms with Crippen molar-refractivity contribution in [3.63, 3.8) is 0 Å². The summed E-state index contributed by atoms with van der Waals surface area (Å²) in [6.07, 6.45) is 2.25. The van der Waals surface area contributed by atoms with E-state index in [1.165, 1.54) is 12.1 Å². The van der Waals surface area contributed by atoms with E-state index in [4.69, 9.17) is 0 Å². The molecular formula is C21H24FN3O. The van der Waals surface area contributed by atoms with Crippen LogP contribution in [0.15, 0.2) is 36.4 Å². The third-order valence-electron chi connectivity index (χ3n) is 5.59. The smallest absolute Gasteiger partial charge is 0.224 e. The highest BCUT2D eigenvalue weighted by molar-refractivity contribution is 5.94. The number of benzene rings is 1. The van der Waals surface area contributed by atoms with Crippen molar-refractivity contribution in [3.05, 3.63) is 53.5 Å². The molecule has 5 heteroatoms. The third kappa shape index (κ3) is 2.96. The van der Waals surface area contributed by atoms with Crippen LogP contribution in [0.1, 0.15) is 44.0 Å². The maximum absolute atomic E-state index is 14.0. The first-order chi connectivity index (χ1) is 12.5. The van der Waals surface area contributed by atoms with E-state index in [1.54, 1.807) is 13.0 Å². The summed E-state index contributed by atoms with van der Waals surface area (Å²) in [5.74, 6) is 1.16. The molecule has 0 saturated heterocycles. The summed E-state index contributed by atoms with van der Waals surface area (Å²) in [4.78, 5) is 18.8. The van der Waals surface area contributed by atoms with Crippen LogP contribution in [0.2, 0.25) is 0 Å². The van der Waals surface area contributed by atoms with Gasteiger partial charge in [0.05, 0.1) is 11.7 Å². The fourth-order valence-corrected chi connectivity index (χ4v) is 4.31. The number of nitrogens with zero attached hydrogens (tertiary/aromatic N) is 2. The quantitative estimate of drug-likeness (QED) is 0.886. The van der Waals surface area contributed by atoms with E-state index in [2.05, 4.69) is 17.2 Å². The first-order valence-corrected chi connectivity index (χ1v) is 9.25. The largest absolute Gasteiger partial charge is 0.363 e. The van der Waals surface area contributed by atoms with E-state index in [-0.39, 0.29) is 29.7 Å². The van der Waals surface area contributed by atoms with Crippen LogP contribution >= 0.6 is 0 Å². The van der Waals surface area contributed by atoms with Crippen molar-refractivity contribution in [3.8, 4) is 0 Å². The van der Waals surface area contributed by atoms with E-state index in [1.807, 2.05) is 30.0 Å². The van der Waals surface area contributed by atoms with Gasteiger partial charge in [-0.05, 0) is 55.5 Å². The van der Waals surface area contributed by atoms with Crippen LogP contribution in [0.25, 0.3) is 0 Å². The second-order valence-corrected chi connectivity index (χ2v) is 7.57. The van der Waals surface area contributed by atoms with E-state index in [0.717, 1.165) is 29.9 Å². The monoisotopic (exact) mass is 353 g/mol. The van der Waals surface area contributed by atoms with Gasteiger partial charge < -0.3 is 10.2 Å². The molecule has 0 bridgehead atoms. The van der Waals surface area contributed by atoms with Gasteiger partial charge in [0.15, 0.2) is 0 Å². The van der Waals surface area contributed by atoms with Gasteiger partial charge in [0.25, 0.3) is 0 Å². The molecule has 2 aliphatic rings. The van der Waals surface area contributed by atoms with Crippen molar-refractivity contribution in [2.45, 2.75) is 45.7 Å². The number of anilines is 2. The topological polar surface area (TPSA) is 45.2 Å². The average Bonchev–Trinajstić information content (AvgIpc) is 3.41. The Hall–Kier alpha value is -2.43. The Balaban J connectivity index is 1.80. The van der Waals surface area contributed by atoms with E-state index >= 15 is 0 Å². The van der Waals surface area contributed by atoms with Gasteiger partial charge >= 0.3 is 0 Å². The van der Waals surface area contributed by atoms with Crippen LogP contribution < -0.4 is 10.2 Å². The third-order valence-corrected chi connectivity index (χ3v) is 5.59. The second kappa shape index (κ2) is 6.38. The molecule has 1 fully saturated rings. The molecule has 1 N–H and O–H groups in total. The van der Waals surface area contributed by atoms with Gasteiger partial charge in [-0.25, -0.2) is 9.37 Å². The molecule has 26 heavy (non-hydrogen) atoms.